The molecule has 2 aromatic carbocycles. The first-order chi connectivity index (χ1) is 7.86. The minimum absolute atomic E-state index is 0.425. The molecule has 0 bridgehead atoms. The van der Waals surface area contributed by atoms with Crippen molar-refractivity contribution < 1.29 is 0 Å². The molecule has 0 amide bonds. The van der Waals surface area contributed by atoms with Crippen molar-refractivity contribution in [3.63, 3.8) is 0 Å². The van der Waals surface area contributed by atoms with Crippen LogP contribution in [0.5, 0.6) is 0 Å². The Bertz CT molecular complexity index is 451. The van der Waals surface area contributed by atoms with Gasteiger partial charge in [-0.25, -0.2) is 0 Å². The van der Waals surface area contributed by atoms with Crippen molar-refractivity contribution in [2.75, 3.05) is 5.75 Å². The molecule has 79 valence electrons. The van der Waals surface area contributed by atoms with Gasteiger partial charge in [-0.3, -0.25) is 0 Å². The van der Waals surface area contributed by atoms with Gasteiger partial charge in [0, 0.05) is 10.6 Å². The molecule has 2 aromatic rings. The van der Waals surface area contributed by atoms with Crippen LogP contribution in [-0.2, 0) is 0 Å². The number of thioether (sulfide) groups is 1. The second kappa shape index (κ2) is 5.52. The van der Waals surface area contributed by atoms with E-state index in [2.05, 4.69) is 0 Å². The summed E-state index contributed by atoms with van der Waals surface area (Å²) >= 11 is 1.64. The summed E-state index contributed by atoms with van der Waals surface area (Å²) in [4.78, 5) is 1.17. The van der Waals surface area contributed by atoms with Gasteiger partial charge in [0.25, 0.3) is 0 Å². The van der Waals surface area contributed by atoms with Crippen molar-refractivity contribution in [3.05, 3.63) is 66.2 Å². The number of nitrogens with zero attached hydrogens (tertiary/aromatic N) is 1. The summed E-state index contributed by atoms with van der Waals surface area (Å²) < 4.78 is 0. The molecule has 0 fully saturated rings. The summed E-state index contributed by atoms with van der Waals surface area (Å²) in [6.07, 6.45) is 0. The van der Waals surface area contributed by atoms with Gasteiger partial charge in [-0.2, -0.15) is 5.41 Å². The van der Waals surface area contributed by atoms with E-state index in [-0.39, 0.29) is 0 Å². The largest absolute Gasteiger partial charge is 0.154 e. The zero-order valence-corrected chi connectivity index (χ0v) is 9.65. The number of hydrogen-bond donors (Lipinski definition) is 0. The average molecular weight is 226 g/mol. The molecule has 2 rings (SSSR count). The zero-order chi connectivity index (χ0) is 11.2. The highest BCUT2D eigenvalue weighted by atomic mass is 32.2. The lowest BCUT2D eigenvalue weighted by molar-refractivity contribution is 1.46. The smallest absolute Gasteiger partial charge is 0.0805 e. The van der Waals surface area contributed by atoms with Crippen molar-refractivity contribution in [2.45, 2.75) is 4.90 Å². The molecular formula is C14H12NS. The van der Waals surface area contributed by atoms with Crippen LogP contribution in [0.1, 0.15) is 5.56 Å². The van der Waals surface area contributed by atoms with Crippen LogP contribution in [0, 0.1) is 0 Å². The Kier molecular flexibility index (Phi) is 3.78. The third-order valence-electron chi connectivity index (χ3n) is 2.23. The Labute approximate surface area is 100 Å². The minimum Gasteiger partial charge on any atom is -0.154 e. The van der Waals surface area contributed by atoms with Gasteiger partial charge in [0.2, 0.25) is 0 Å². The summed E-state index contributed by atoms with van der Waals surface area (Å²) in [5.41, 5.74) is 1.32. The summed E-state index contributed by atoms with van der Waals surface area (Å²) in [7, 11) is 0. The standard InChI is InChI=1S/C14H12NS/c15-14(12-7-3-1-4-8-12)11-16-13-9-5-2-6-10-13/h1-10H,11H2. The quantitative estimate of drug-likeness (QED) is 0.580. The van der Waals surface area contributed by atoms with E-state index in [1.165, 1.54) is 4.90 Å². The second-order valence-electron chi connectivity index (χ2n) is 3.41. The molecule has 0 saturated heterocycles. The first-order valence-electron chi connectivity index (χ1n) is 5.14. The maximum atomic E-state index is 9.88. The molecule has 0 aromatic heterocycles. The van der Waals surface area contributed by atoms with Crippen LogP contribution in [0.3, 0.4) is 0 Å². The summed E-state index contributed by atoms with van der Waals surface area (Å²) in [6.45, 7) is 0. The maximum Gasteiger partial charge on any atom is 0.0805 e. The van der Waals surface area contributed by atoms with Gasteiger partial charge in [0.15, 0.2) is 0 Å². The molecule has 0 N–H and O–H groups in total. The lowest BCUT2D eigenvalue weighted by atomic mass is 10.1. The SMILES string of the molecule is [N]=C(CSc1ccccc1)c1ccccc1. The van der Waals surface area contributed by atoms with E-state index in [9.17, 15) is 5.41 Å². The molecule has 0 unspecified atom stereocenters. The highest BCUT2D eigenvalue weighted by Gasteiger charge is 2.02. The average Bonchev–Trinajstić information content (AvgIpc) is 2.38. The minimum atomic E-state index is 0.425. The molecule has 2 heteroatoms. The van der Waals surface area contributed by atoms with Gasteiger partial charge in [0.1, 0.15) is 0 Å². The van der Waals surface area contributed by atoms with Crippen LogP contribution in [-0.4, -0.2) is 11.5 Å². The molecule has 0 saturated carbocycles. The van der Waals surface area contributed by atoms with E-state index >= 15 is 0 Å². The molecule has 0 aliphatic heterocycles. The molecule has 1 nitrogen and oxygen atoms in total. The van der Waals surface area contributed by atoms with Crippen LogP contribution in [0.25, 0.3) is 0 Å². The monoisotopic (exact) mass is 226 g/mol. The van der Waals surface area contributed by atoms with E-state index in [0.717, 1.165) is 5.56 Å². The maximum absolute atomic E-state index is 9.88. The molecule has 0 aliphatic rings. The molecule has 1 radical (unpaired) electrons. The molecule has 0 aliphatic carbocycles. The molecule has 0 spiro atoms. The summed E-state index contributed by atoms with van der Waals surface area (Å²) in [6, 6.07) is 19.7. The number of benzene rings is 2. The topological polar surface area (TPSA) is 22.3 Å². The van der Waals surface area contributed by atoms with Crippen LogP contribution in [0.4, 0.5) is 0 Å². The van der Waals surface area contributed by atoms with Gasteiger partial charge in [-0.05, 0) is 17.7 Å². The third kappa shape index (κ3) is 2.97. The fourth-order valence-electron chi connectivity index (χ4n) is 1.38. The molecule has 16 heavy (non-hydrogen) atoms. The normalized spacial score (nSPS) is 10.0. The van der Waals surface area contributed by atoms with E-state index in [1.807, 2.05) is 60.7 Å². The van der Waals surface area contributed by atoms with Crippen LogP contribution < -0.4 is 5.41 Å². The third-order valence-corrected chi connectivity index (χ3v) is 3.25. The van der Waals surface area contributed by atoms with Crippen molar-refractivity contribution in [2.24, 2.45) is 0 Å². The Morgan fingerprint density at radius 1 is 0.875 bits per heavy atom. The summed E-state index contributed by atoms with van der Waals surface area (Å²) in [5, 5.41) is 9.88. The van der Waals surface area contributed by atoms with Crippen LogP contribution in [0.15, 0.2) is 65.6 Å². The molecule has 0 atom stereocenters. The first-order valence-corrected chi connectivity index (χ1v) is 6.13. The lowest BCUT2D eigenvalue weighted by Gasteiger charge is -2.02. The lowest BCUT2D eigenvalue weighted by Crippen LogP contribution is -2.04. The van der Waals surface area contributed by atoms with E-state index in [0.29, 0.717) is 11.5 Å². The van der Waals surface area contributed by atoms with Crippen LogP contribution >= 0.6 is 11.8 Å². The predicted octanol–water partition coefficient (Wildman–Crippen LogP) is 3.07. The van der Waals surface area contributed by atoms with Crippen molar-refractivity contribution in [1.29, 1.82) is 0 Å². The number of rotatable bonds is 4. The highest BCUT2D eigenvalue weighted by Crippen LogP contribution is 2.17. The first kappa shape index (κ1) is 11.0. The zero-order valence-electron chi connectivity index (χ0n) is 8.84. The van der Waals surface area contributed by atoms with E-state index < -0.39 is 0 Å². The fourth-order valence-corrected chi connectivity index (χ4v) is 2.20. The Hall–Kier alpha value is -1.54. The van der Waals surface area contributed by atoms with Crippen molar-refractivity contribution in [1.82, 2.24) is 5.41 Å². The predicted molar refractivity (Wildman–Crippen MR) is 69.9 cm³/mol. The molecule has 0 heterocycles. The Morgan fingerprint density at radius 3 is 2.06 bits per heavy atom. The van der Waals surface area contributed by atoms with Gasteiger partial charge in [-0.1, -0.05) is 48.5 Å². The molecular weight excluding hydrogens is 214 g/mol. The van der Waals surface area contributed by atoms with Crippen molar-refractivity contribution in [3.8, 4) is 0 Å². The summed E-state index contributed by atoms with van der Waals surface area (Å²) in [5.74, 6) is 0.605. The van der Waals surface area contributed by atoms with Crippen molar-refractivity contribution >= 4 is 17.5 Å². The second-order valence-corrected chi connectivity index (χ2v) is 4.46. The Balaban J connectivity index is 1.95. The fraction of sp³-hybridized carbons (Fsp3) is 0.0714. The Morgan fingerprint density at radius 2 is 1.44 bits per heavy atom. The van der Waals surface area contributed by atoms with E-state index in [1.54, 1.807) is 11.8 Å². The van der Waals surface area contributed by atoms with Gasteiger partial charge < -0.3 is 0 Å². The van der Waals surface area contributed by atoms with Gasteiger partial charge >= 0.3 is 0 Å². The van der Waals surface area contributed by atoms with Gasteiger partial charge in [0.05, 0.1) is 5.71 Å². The highest BCUT2D eigenvalue weighted by molar-refractivity contribution is 8.00. The van der Waals surface area contributed by atoms with Gasteiger partial charge in [-0.15, -0.1) is 11.8 Å². The number of hydrogen-bond acceptors (Lipinski definition) is 1. The van der Waals surface area contributed by atoms with E-state index in [4.69, 9.17) is 0 Å². The van der Waals surface area contributed by atoms with Crippen LogP contribution in [0.2, 0.25) is 0 Å².